The maximum Gasteiger partial charge on any atom is 0.340 e. The van der Waals surface area contributed by atoms with Crippen LogP contribution in [0.3, 0.4) is 0 Å². The summed E-state index contributed by atoms with van der Waals surface area (Å²) in [6, 6.07) is 7.90. The lowest BCUT2D eigenvalue weighted by atomic mass is 10.0. The Bertz CT molecular complexity index is 565. The molecule has 0 saturated carbocycles. The van der Waals surface area contributed by atoms with Crippen molar-refractivity contribution in [1.82, 2.24) is 0 Å². The number of carboxylic acids is 1. The van der Waals surface area contributed by atoms with Gasteiger partial charge in [-0.15, -0.1) is 0 Å². The number of carboxylic acid groups (broad SMARTS) is 1. The number of fused-ring (bicyclic) bond motifs is 1. The summed E-state index contributed by atoms with van der Waals surface area (Å²) < 4.78 is 4.96. The number of halogens is 1. The fourth-order valence-corrected chi connectivity index (χ4v) is 1.97. The number of benzene rings is 2. The maximum absolute atomic E-state index is 11.1. The first-order chi connectivity index (χ1) is 7.65. The molecular formula is C11H7IO4. The fourth-order valence-electron chi connectivity index (χ4n) is 1.61. The number of carbonyl (C=O) groups is 1. The number of hydrogen-bond donors (Lipinski definition) is 2. The van der Waals surface area contributed by atoms with E-state index in [1.165, 1.54) is 12.1 Å². The molecule has 0 bridgehead atoms. The summed E-state index contributed by atoms with van der Waals surface area (Å²) in [6.07, 6.45) is 0. The van der Waals surface area contributed by atoms with E-state index < -0.39 is 5.97 Å². The fraction of sp³-hybridized carbons (Fsp3) is 0. The summed E-state index contributed by atoms with van der Waals surface area (Å²) in [5.41, 5.74) is 0.0581. The second-order valence-electron chi connectivity index (χ2n) is 3.19. The molecule has 0 radical (unpaired) electrons. The molecule has 0 atom stereocenters. The predicted molar refractivity (Wildman–Crippen MR) is 67.2 cm³/mol. The average molecular weight is 330 g/mol. The second kappa shape index (κ2) is 4.17. The van der Waals surface area contributed by atoms with Crippen molar-refractivity contribution < 1.29 is 18.1 Å². The molecule has 0 amide bonds. The molecule has 0 unspecified atom stereocenters. The van der Waals surface area contributed by atoms with Crippen molar-refractivity contribution in [2.45, 2.75) is 0 Å². The van der Waals surface area contributed by atoms with Gasteiger partial charge in [-0.1, -0.05) is 12.1 Å². The molecule has 0 aromatic heterocycles. The highest BCUT2D eigenvalue weighted by Crippen LogP contribution is 2.33. The van der Waals surface area contributed by atoms with E-state index in [0.29, 0.717) is 10.8 Å². The van der Waals surface area contributed by atoms with Crippen LogP contribution in [0.2, 0.25) is 0 Å². The van der Waals surface area contributed by atoms with Crippen molar-refractivity contribution in [2.24, 2.45) is 0 Å². The third-order valence-electron chi connectivity index (χ3n) is 2.30. The van der Waals surface area contributed by atoms with E-state index in [-0.39, 0.29) is 17.1 Å². The van der Waals surface area contributed by atoms with E-state index in [9.17, 15) is 9.90 Å². The largest absolute Gasteiger partial charge is 0.507 e. The highest BCUT2D eigenvalue weighted by molar-refractivity contribution is 14.1. The first-order valence-corrected chi connectivity index (χ1v) is 5.30. The molecule has 0 heterocycles. The smallest absolute Gasteiger partial charge is 0.340 e. The minimum atomic E-state index is -1.08. The lowest BCUT2D eigenvalue weighted by Crippen LogP contribution is -1.99. The summed E-state index contributed by atoms with van der Waals surface area (Å²) in [5.74, 6) is -0.755. The molecule has 2 aromatic rings. The molecule has 0 aliphatic heterocycles. The molecule has 0 aliphatic carbocycles. The van der Waals surface area contributed by atoms with Crippen LogP contribution in [-0.2, 0) is 0 Å². The predicted octanol–water partition coefficient (Wildman–Crippen LogP) is 2.97. The lowest BCUT2D eigenvalue weighted by Gasteiger charge is -2.07. The van der Waals surface area contributed by atoms with Crippen LogP contribution in [0, 0.1) is 0 Å². The minimum absolute atomic E-state index is 0.0556. The van der Waals surface area contributed by atoms with Crippen LogP contribution in [0.5, 0.6) is 11.5 Å². The van der Waals surface area contributed by atoms with Crippen LogP contribution in [0.1, 0.15) is 10.4 Å². The van der Waals surface area contributed by atoms with Crippen LogP contribution in [0.25, 0.3) is 10.8 Å². The third kappa shape index (κ3) is 1.67. The highest BCUT2D eigenvalue weighted by Gasteiger charge is 2.16. The highest BCUT2D eigenvalue weighted by atomic mass is 127. The first kappa shape index (κ1) is 11.0. The molecule has 4 nitrogen and oxygen atoms in total. The number of aromatic hydroxyl groups is 1. The topological polar surface area (TPSA) is 66.8 Å². The van der Waals surface area contributed by atoms with Gasteiger partial charge in [0.2, 0.25) is 0 Å². The normalized spacial score (nSPS) is 10.3. The summed E-state index contributed by atoms with van der Waals surface area (Å²) in [4.78, 5) is 11.1. The quantitative estimate of drug-likeness (QED) is 0.831. The Kier molecular flexibility index (Phi) is 2.86. The van der Waals surface area contributed by atoms with Gasteiger partial charge in [0.15, 0.2) is 23.0 Å². The zero-order valence-electron chi connectivity index (χ0n) is 7.98. The van der Waals surface area contributed by atoms with E-state index >= 15 is 0 Å². The second-order valence-corrected chi connectivity index (χ2v) is 3.63. The molecule has 16 heavy (non-hydrogen) atoms. The Morgan fingerprint density at radius 3 is 2.56 bits per heavy atom. The van der Waals surface area contributed by atoms with Crippen LogP contribution in [-0.4, -0.2) is 16.2 Å². The van der Waals surface area contributed by atoms with Crippen LogP contribution >= 0.6 is 23.0 Å². The zero-order valence-corrected chi connectivity index (χ0v) is 10.1. The monoisotopic (exact) mass is 330 g/mol. The van der Waals surface area contributed by atoms with Crippen LogP contribution in [0.15, 0.2) is 30.3 Å². The SMILES string of the molecule is O=C(O)c1c(OI)ccc2c(O)cccc12. The van der Waals surface area contributed by atoms with Crippen LogP contribution in [0.4, 0.5) is 0 Å². The van der Waals surface area contributed by atoms with E-state index in [1.54, 1.807) is 41.2 Å². The van der Waals surface area contributed by atoms with Gasteiger partial charge in [-0.3, -0.25) is 0 Å². The van der Waals surface area contributed by atoms with E-state index in [2.05, 4.69) is 0 Å². The Labute approximate surface area is 105 Å². The molecule has 0 fully saturated rings. The van der Waals surface area contributed by atoms with Gasteiger partial charge in [0.25, 0.3) is 0 Å². The average Bonchev–Trinajstić information content (AvgIpc) is 2.27. The Balaban J connectivity index is 2.90. The first-order valence-electron chi connectivity index (χ1n) is 4.41. The number of phenols is 1. The molecule has 0 spiro atoms. The number of aromatic carboxylic acids is 1. The van der Waals surface area contributed by atoms with Gasteiger partial charge in [-0.25, -0.2) is 4.79 Å². The summed E-state index contributed by atoms with van der Waals surface area (Å²) in [7, 11) is 0. The van der Waals surface area contributed by atoms with E-state index in [4.69, 9.17) is 8.17 Å². The summed E-state index contributed by atoms with van der Waals surface area (Å²) in [5, 5.41) is 19.7. The number of phenolic OH excluding ortho intramolecular Hbond substituents is 1. The minimum Gasteiger partial charge on any atom is -0.507 e. The molecule has 0 saturated heterocycles. The Morgan fingerprint density at radius 2 is 1.94 bits per heavy atom. The molecule has 0 aliphatic rings. The molecule has 2 aromatic carbocycles. The lowest BCUT2D eigenvalue weighted by molar-refractivity contribution is 0.0697. The Morgan fingerprint density at radius 1 is 1.19 bits per heavy atom. The number of rotatable bonds is 2. The summed E-state index contributed by atoms with van der Waals surface area (Å²) in [6.45, 7) is 0. The molecule has 82 valence electrons. The molecular weight excluding hydrogens is 323 g/mol. The van der Waals surface area contributed by atoms with Gasteiger partial charge in [0, 0.05) is 10.8 Å². The van der Waals surface area contributed by atoms with Gasteiger partial charge in [-0.2, -0.15) is 0 Å². The van der Waals surface area contributed by atoms with E-state index in [1.807, 2.05) is 0 Å². The molecule has 2 N–H and O–H groups in total. The third-order valence-corrected chi connectivity index (χ3v) is 2.77. The van der Waals surface area contributed by atoms with Crippen molar-refractivity contribution >= 4 is 39.7 Å². The maximum atomic E-state index is 11.1. The van der Waals surface area contributed by atoms with E-state index in [0.717, 1.165) is 0 Å². The zero-order chi connectivity index (χ0) is 11.7. The van der Waals surface area contributed by atoms with Crippen LogP contribution < -0.4 is 3.07 Å². The number of hydrogen-bond acceptors (Lipinski definition) is 3. The van der Waals surface area contributed by atoms with Crippen molar-refractivity contribution in [2.75, 3.05) is 0 Å². The van der Waals surface area contributed by atoms with Gasteiger partial charge in [0.05, 0.1) is 0 Å². The van der Waals surface area contributed by atoms with Crippen molar-refractivity contribution in [3.05, 3.63) is 35.9 Å². The van der Waals surface area contributed by atoms with Gasteiger partial charge in [0.1, 0.15) is 17.1 Å². The molecule has 2 rings (SSSR count). The van der Waals surface area contributed by atoms with Crippen molar-refractivity contribution in [1.29, 1.82) is 0 Å². The van der Waals surface area contributed by atoms with Crippen molar-refractivity contribution in [3.63, 3.8) is 0 Å². The Hall–Kier alpha value is -1.50. The van der Waals surface area contributed by atoms with Crippen molar-refractivity contribution in [3.8, 4) is 11.5 Å². The summed E-state index contributed by atoms with van der Waals surface area (Å²) >= 11 is 1.63. The standard InChI is InChI=1S/C11H7IO4/c12-16-9-5-4-6-7(10(9)11(14)15)2-1-3-8(6)13/h1-5,13H,(H,14,15). The van der Waals surface area contributed by atoms with Gasteiger partial charge >= 0.3 is 5.97 Å². The van der Waals surface area contributed by atoms with Gasteiger partial charge in [-0.05, 0) is 18.2 Å². The molecule has 5 heteroatoms. The van der Waals surface area contributed by atoms with Gasteiger partial charge < -0.3 is 13.3 Å².